The predicted molar refractivity (Wildman–Crippen MR) is 111 cm³/mol. The molecule has 0 aliphatic rings. The number of aldehydes is 1. The number of benzene rings is 2. The van der Waals surface area contributed by atoms with Gasteiger partial charge in [-0.25, -0.2) is 23.2 Å². The maximum Gasteiger partial charge on any atom is 0.238 e. The molecular formula is C20H16N4O3S2. The number of nitrogens with two attached hydrogens (primary N) is 1. The zero-order valence-corrected chi connectivity index (χ0v) is 16.7. The van der Waals surface area contributed by atoms with E-state index in [-0.39, 0.29) is 4.90 Å². The molecule has 2 heterocycles. The van der Waals surface area contributed by atoms with Gasteiger partial charge in [-0.2, -0.15) is 5.10 Å². The van der Waals surface area contributed by atoms with Crippen LogP contribution in [-0.4, -0.2) is 29.5 Å². The van der Waals surface area contributed by atoms with Crippen LogP contribution in [0.15, 0.2) is 71.1 Å². The lowest BCUT2D eigenvalue weighted by Crippen LogP contribution is -2.11. The third-order valence-electron chi connectivity index (χ3n) is 4.31. The molecule has 0 aliphatic carbocycles. The Morgan fingerprint density at radius 3 is 2.41 bits per heavy atom. The zero-order chi connectivity index (χ0) is 20.4. The van der Waals surface area contributed by atoms with E-state index >= 15 is 0 Å². The van der Waals surface area contributed by atoms with Crippen molar-refractivity contribution in [2.75, 3.05) is 0 Å². The molecule has 0 saturated carbocycles. The largest absolute Gasteiger partial charge is 0.296 e. The van der Waals surface area contributed by atoms with Crippen molar-refractivity contribution >= 4 is 27.6 Å². The molecule has 0 unspecified atom stereocenters. The second-order valence-corrected chi connectivity index (χ2v) is 8.75. The molecular weight excluding hydrogens is 408 g/mol. The van der Waals surface area contributed by atoms with Gasteiger partial charge in [0.25, 0.3) is 0 Å². The smallest absolute Gasteiger partial charge is 0.238 e. The molecule has 146 valence electrons. The van der Waals surface area contributed by atoms with Crippen molar-refractivity contribution in [3.05, 3.63) is 83.0 Å². The quantitative estimate of drug-likeness (QED) is 0.479. The molecule has 7 nitrogen and oxygen atoms in total. The molecule has 29 heavy (non-hydrogen) atoms. The lowest BCUT2D eigenvalue weighted by molar-refractivity contribution is 0.111. The molecule has 0 fully saturated rings. The van der Waals surface area contributed by atoms with E-state index in [0.29, 0.717) is 23.5 Å². The van der Waals surface area contributed by atoms with Gasteiger partial charge >= 0.3 is 0 Å². The minimum atomic E-state index is -3.73. The predicted octanol–water partition coefficient (Wildman–Crippen LogP) is 3.05. The number of hydrogen-bond acceptors (Lipinski definition) is 6. The molecule has 0 amide bonds. The molecule has 0 aliphatic heterocycles. The minimum Gasteiger partial charge on any atom is -0.296 e. The van der Waals surface area contributed by atoms with Crippen LogP contribution >= 0.6 is 11.3 Å². The highest BCUT2D eigenvalue weighted by Gasteiger charge is 2.15. The van der Waals surface area contributed by atoms with E-state index in [2.05, 4.69) is 10.1 Å². The summed E-state index contributed by atoms with van der Waals surface area (Å²) in [5.74, 6) is 0. The fourth-order valence-electron chi connectivity index (χ4n) is 2.93. The Bertz CT molecular complexity index is 1260. The summed E-state index contributed by atoms with van der Waals surface area (Å²) < 4.78 is 24.6. The summed E-state index contributed by atoms with van der Waals surface area (Å²) in [6, 6.07) is 16.2. The second kappa shape index (κ2) is 7.70. The van der Waals surface area contributed by atoms with Gasteiger partial charge in [0.1, 0.15) is 5.69 Å². The zero-order valence-electron chi connectivity index (χ0n) is 15.1. The van der Waals surface area contributed by atoms with Crippen LogP contribution in [0.3, 0.4) is 0 Å². The van der Waals surface area contributed by atoms with E-state index in [9.17, 15) is 13.2 Å². The van der Waals surface area contributed by atoms with Crippen LogP contribution in [0.1, 0.15) is 21.6 Å². The summed E-state index contributed by atoms with van der Waals surface area (Å²) in [6.07, 6.45) is 3.12. The lowest BCUT2D eigenvalue weighted by Gasteiger charge is -2.04. The topological polar surface area (TPSA) is 108 Å². The van der Waals surface area contributed by atoms with Crippen LogP contribution in [-0.2, 0) is 16.4 Å². The van der Waals surface area contributed by atoms with Crippen molar-refractivity contribution in [3.8, 4) is 16.4 Å². The van der Waals surface area contributed by atoms with Gasteiger partial charge in [0.05, 0.1) is 10.6 Å². The number of thiazole rings is 1. The fraction of sp³-hybridized carbons (Fsp3) is 0.0500. The molecule has 0 spiro atoms. The Hall–Kier alpha value is -3.14. The number of hydrogen-bond donors (Lipinski definition) is 1. The van der Waals surface area contributed by atoms with Crippen molar-refractivity contribution in [2.24, 2.45) is 5.14 Å². The average molecular weight is 425 g/mol. The molecule has 0 saturated heterocycles. The summed E-state index contributed by atoms with van der Waals surface area (Å²) >= 11 is 1.33. The highest BCUT2D eigenvalue weighted by Crippen LogP contribution is 2.27. The highest BCUT2D eigenvalue weighted by atomic mass is 32.2. The van der Waals surface area contributed by atoms with E-state index in [0.717, 1.165) is 22.4 Å². The van der Waals surface area contributed by atoms with Crippen molar-refractivity contribution in [2.45, 2.75) is 11.3 Å². The first-order chi connectivity index (χ1) is 13.9. The number of carbonyl (C=O) groups is 1. The maximum atomic E-state index is 11.5. The summed E-state index contributed by atoms with van der Waals surface area (Å²) in [6.45, 7) is 0. The third kappa shape index (κ3) is 4.16. The summed E-state index contributed by atoms with van der Waals surface area (Å²) in [7, 11) is -3.73. The van der Waals surface area contributed by atoms with E-state index in [1.54, 1.807) is 22.2 Å². The van der Waals surface area contributed by atoms with Crippen LogP contribution in [0.2, 0.25) is 0 Å². The molecule has 0 bridgehead atoms. The normalized spacial score (nSPS) is 11.5. The molecule has 9 heteroatoms. The minimum absolute atomic E-state index is 0.0735. The summed E-state index contributed by atoms with van der Waals surface area (Å²) in [5, 5.41) is 12.1. The molecule has 0 atom stereocenters. The van der Waals surface area contributed by atoms with Crippen LogP contribution in [0, 0.1) is 0 Å². The Balaban J connectivity index is 1.74. The number of nitrogens with zero attached hydrogens (tertiary/aromatic N) is 3. The number of primary sulfonamides is 1. The number of aromatic nitrogens is 3. The number of sulfonamides is 1. The first kappa shape index (κ1) is 19.2. The first-order valence-corrected chi connectivity index (χ1v) is 11.0. The highest BCUT2D eigenvalue weighted by molar-refractivity contribution is 7.89. The summed E-state index contributed by atoms with van der Waals surface area (Å²) in [5.41, 5.74) is 3.98. The SMILES string of the molecule is NS(=O)(=O)c1ccc(Cc2cn(-c3nc(C=O)cs3)nc2-c2ccccc2)cc1. The van der Waals surface area contributed by atoms with Gasteiger partial charge < -0.3 is 0 Å². The average Bonchev–Trinajstić information content (AvgIpc) is 3.35. The first-order valence-electron chi connectivity index (χ1n) is 8.61. The van der Waals surface area contributed by atoms with E-state index in [4.69, 9.17) is 5.14 Å². The fourth-order valence-corrected chi connectivity index (χ4v) is 4.14. The van der Waals surface area contributed by atoms with Crippen LogP contribution in [0.5, 0.6) is 0 Å². The Labute approximate surface area is 171 Å². The van der Waals surface area contributed by atoms with E-state index in [1.807, 2.05) is 36.5 Å². The molecule has 2 N–H and O–H groups in total. The third-order valence-corrected chi connectivity index (χ3v) is 6.09. The van der Waals surface area contributed by atoms with Gasteiger partial charge in [-0.15, -0.1) is 11.3 Å². The van der Waals surface area contributed by atoms with Crippen molar-refractivity contribution in [1.82, 2.24) is 14.8 Å². The standard InChI is InChI=1S/C20H16N4O3S2/c21-29(26,27)18-8-6-14(7-9-18)10-16-11-24(20-22-17(12-25)13-28-20)23-19(16)15-4-2-1-3-5-15/h1-9,11-13H,10H2,(H2,21,26,27). The van der Waals surface area contributed by atoms with Crippen LogP contribution in [0.4, 0.5) is 0 Å². The molecule has 0 radical (unpaired) electrons. The van der Waals surface area contributed by atoms with Gasteiger partial charge in [-0.1, -0.05) is 42.5 Å². The van der Waals surface area contributed by atoms with Gasteiger partial charge in [0.2, 0.25) is 15.2 Å². The number of carbonyl (C=O) groups excluding carboxylic acids is 1. The van der Waals surface area contributed by atoms with Crippen molar-refractivity contribution in [3.63, 3.8) is 0 Å². The Kier molecular flexibility index (Phi) is 5.10. The molecule has 4 aromatic rings. The van der Waals surface area contributed by atoms with Gasteiger partial charge in [-0.05, 0) is 17.7 Å². The van der Waals surface area contributed by atoms with Gasteiger partial charge in [0.15, 0.2) is 6.29 Å². The van der Waals surface area contributed by atoms with Crippen molar-refractivity contribution in [1.29, 1.82) is 0 Å². The van der Waals surface area contributed by atoms with Crippen LogP contribution in [0.25, 0.3) is 16.4 Å². The van der Waals surface area contributed by atoms with E-state index < -0.39 is 10.0 Å². The Morgan fingerprint density at radius 1 is 1.07 bits per heavy atom. The van der Waals surface area contributed by atoms with E-state index in [1.165, 1.54) is 23.5 Å². The molecule has 2 aromatic carbocycles. The summed E-state index contributed by atoms with van der Waals surface area (Å²) in [4.78, 5) is 15.3. The van der Waals surface area contributed by atoms with Gasteiger partial charge in [0, 0.05) is 29.1 Å². The monoisotopic (exact) mass is 424 g/mol. The lowest BCUT2D eigenvalue weighted by atomic mass is 10.0. The molecule has 2 aromatic heterocycles. The Morgan fingerprint density at radius 2 is 1.79 bits per heavy atom. The second-order valence-electron chi connectivity index (χ2n) is 6.35. The molecule has 4 rings (SSSR count). The van der Waals surface area contributed by atoms with Crippen molar-refractivity contribution < 1.29 is 13.2 Å². The number of rotatable bonds is 6. The van der Waals surface area contributed by atoms with Gasteiger partial charge in [-0.3, -0.25) is 4.79 Å². The maximum absolute atomic E-state index is 11.5. The van der Waals surface area contributed by atoms with Crippen LogP contribution < -0.4 is 5.14 Å².